The fraction of sp³-hybridized carbons (Fsp3) is 0.462. The van der Waals surface area contributed by atoms with E-state index in [-0.39, 0.29) is 11.9 Å². The molecule has 0 saturated heterocycles. The molecule has 0 amide bonds. The number of nitrogens with two attached hydrogens (primary N) is 1. The van der Waals surface area contributed by atoms with Gasteiger partial charge in [-0.25, -0.2) is 0 Å². The first-order valence-corrected chi connectivity index (χ1v) is 6.14. The SMILES string of the molecule is NC(=NO)c1ccc(CNCC2CC(O)C2)cc1. The van der Waals surface area contributed by atoms with Crippen LogP contribution in [-0.4, -0.2) is 28.8 Å². The zero-order valence-electron chi connectivity index (χ0n) is 10.2. The minimum atomic E-state index is -0.0863. The van der Waals surface area contributed by atoms with Gasteiger partial charge in [-0.05, 0) is 30.9 Å². The highest BCUT2D eigenvalue weighted by Gasteiger charge is 2.26. The molecule has 98 valence electrons. The minimum Gasteiger partial charge on any atom is -0.409 e. The number of oxime groups is 1. The van der Waals surface area contributed by atoms with E-state index in [1.54, 1.807) is 0 Å². The van der Waals surface area contributed by atoms with Crippen LogP contribution < -0.4 is 11.1 Å². The Balaban J connectivity index is 1.76. The van der Waals surface area contributed by atoms with Crippen molar-refractivity contribution in [2.45, 2.75) is 25.5 Å². The predicted molar refractivity (Wildman–Crippen MR) is 69.4 cm³/mol. The Morgan fingerprint density at radius 2 is 2.00 bits per heavy atom. The Bertz CT molecular complexity index is 411. The standard InChI is InChI=1S/C13H19N3O2/c14-13(16-18)11-3-1-9(2-4-11)7-15-8-10-5-12(17)6-10/h1-4,10,12,15,17-18H,5-8H2,(H2,14,16). The molecule has 0 spiro atoms. The van der Waals surface area contributed by atoms with E-state index in [0.29, 0.717) is 11.5 Å². The Morgan fingerprint density at radius 1 is 1.33 bits per heavy atom. The van der Waals surface area contributed by atoms with E-state index >= 15 is 0 Å². The highest BCUT2D eigenvalue weighted by Crippen LogP contribution is 2.26. The van der Waals surface area contributed by atoms with Gasteiger partial charge in [0.05, 0.1) is 6.10 Å². The van der Waals surface area contributed by atoms with E-state index < -0.39 is 0 Å². The van der Waals surface area contributed by atoms with Crippen LogP contribution in [0.15, 0.2) is 29.4 Å². The van der Waals surface area contributed by atoms with Crippen molar-refractivity contribution in [1.82, 2.24) is 5.32 Å². The molecule has 5 N–H and O–H groups in total. The van der Waals surface area contributed by atoms with Gasteiger partial charge in [0.1, 0.15) is 0 Å². The van der Waals surface area contributed by atoms with Gasteiger partial charge < -0.3 is 21.4 Å². The molecule has 1 aromatic carbocycles. The van der Waals surface area contributed by atoms with E-state index in [9.17, 15) is 0 Å². The Morgan fingerprint density at radius 3 is 2.56 bits per heavy atom. The maximum atomic E-state index is 9.17. The van der Waals surface area contributed by atoms with Crippen molar-refractivity contribution < 1.29 is 10.3 Å². The molecule has 0 radical (unpaired) electrons. The lowest BCUT2D eigenvalue weighted by molar-refractivity contribution is 0.0430. The number of hydrogen-bond acceptors (Lipinski definition) is 4. The van der Waals surface area contributed by atoms with Gasteiger partial charge in [0.25, 0.3) is 0 Å². The van der Waals surface area contributed by atoms with E-state index in [2.05, 4.69) is 10.5 Å². The van der Waals surface area contributed by atoms with Crippen molar-refractivity contribution in [3.05, 3.63) is 35.4 Å². The molecule has 1 fully saturated rings. The number of nitrogens with zero attached hydrogens (tertiary/aromatic N) is 1. The predicted octanol–water partition coefficient (Wildman–Crippen LogP) is 0.642. The molecule has 18 heavy (non-hydrogen) atoms. The largest absolute Gasteiger partial charge is 0.409 e. The minimum absolute atomic E-state index is 0.0863. The van der Waals surface area contributed by atoms with Gasteiger partial charge in [-0.15, -0.1) is 0 Å². The molecule has 1 aliphatic carbocycles. The van der Waals surface area contributed by atoms with E-state index in [0.717, 1.165) is 31.5 Å². The smallest absolute Gasteiger partial charge is 0.170 e. The number of benzene rings is 1. The molecule has 0 aromatic heterocycles. The summed E-state index contributed by atoms with van der Waals surface area (Å²) in [5.41, 5.74) is 7.35. The molecule has 1 aromatic rings. The first-order chi connectivity index (χ1) is 8.69. The lowest BCUT2D eigenvalue weighted by Gasteiger charge is -2.31. The van der Waals surface area contributed by atoms with Crippen LogP contribution in [0.2, 0.25) is 0 Å². The molecular weight excluding hydrogens is 230 g/mol. The van der Waals surface area contributed by atoms with Crippen molar-refractivity contribution in [3.63, 3.8) is 0 Å². The molecule has 0 heterocycles. The van der Waals surface area contributed by atoms with Gasteiger partial charge in [-0.3, -0.25) is 0 Å². The van der Waals surface area contributed by atoms with E-state index in [1.807, 2.05) is 24.3 Å². The molecule has 2 rings (SSSR count). The van der Waals surface area contributed by atoms with Crippen LogP contribution in [0.4, 0.5) is 0 Å². The summed E-state index contributed by atoms with van der Waals surface area (Å²) in [5.74, 6) is 0.731. The lowest BCUT2D eigenvalue weighted by atomic mass is 9.82. The number of rotatable bonds is 5. The Hall–Kier alpha value is -1.59. The van der Waals surface area contributed by atoms with Crippen molar-refractivity contribution in [1.29, 1.82) is 0 Å². The fourth-order valence-corrected chi connectivity index (χ4v) is 2.14. The zero-order valence-corrected chi connectivity index (χ0v) is 10.2. The first kappa shape index (κ1) is 12.9. The molecule has 5 nitrogen and oxygen atoms in total. The van der Waals surface area contributed by atoms with Crippen LogP contribution in [0.1, 0.15) is 24.0 Å². The summed E-state index contributed by atoms with van der Waals surface area (Å²) < 4.78 is 0. The van der Waals surface area contributed by atoms with Crippen LogP contribution >= 0.6 is 0 Å². The second kappa shape index (κ2) is 5.84. The summed E-state index contributed by atoms with van der Waals surface area (Å²) in [6.07, 6.45) is 1.74. The summed E-state index contributed by atoms with van der Waals surface area (Å²) >= 11 is 0. The van der Waals surface area contributed by atoms with Crippen LogP contribution in [-0.2, 0) is 6.54 Å². The molecule has 0 aliphatic heterocycles. The second-order valence-electron chi connectivity index (χ2n) is 4.80. The Labute approximate surface area is 106 Å². The first-order valence-electron chi connectivity index (χ1n) is 6.14. The van der Waals surface area contributed by atoms with Gasteiger partial charge in [-0.2, -0.15) is 0 Å². The average Bonchev–Trinajstić information content (AvgIpc) is 2.36. The average molecular weight is 249 g/mol. The van der Waals surface area contributed by atoms with Gasteiger partial charge in [-0.1, -0.05) is 29.4 Å². The fourth-order valence-electron chi connectivity index (χ4n) is 2.14. The molecule has 5 heteroatoms. The summed E-state index contributed by atoms with van der Waals surface area (Å²) in [6.45, 7) is 1.74. The summed E-state index contributed by atoms with van der Waals surface area (Å²) in [5, 5.41) is 24.0. The molecule has 0 bridgehead atoms. The third kappa shape index (κ3) is 3.21. The van der Waals surface area contributed by atoms with Crippen LogP contribution in [0, 0.1) is 5.92 Å². The normalized spacial score (nSPS) is 23.7. The van der Waals surface area contributed by atoms with Crippen molar-refractivity contribution in [2.75, 3.05) is 6.54 Å². The van der Waals surface area contributed by atoms with Crippen LogP contribution in [0.3, 0.4) is 0 Å². The van der Waals surface area contributed by atoms with Gasteiger partial charge >= 0.3 is 0 Å². The van der Waals surface area contributed by atoms with Crippen molar-refractivity contribution in [2.24, 2.45) is 16.8 Å². The summed E-state index contributed by atoms with van der Waals surface area (Å²) in [4.78, 5) is 0. The molecule has 1 aliphatic rings. The number of hydrogen-bond donors (Lipinski definition) is 4. The highest BCUT2D eigenvalue weighted by molar-refractivity contribution is 5.96. The summed E-state index contributed by atoms with van der Waals surface area (Å²) in [7, 11) is 0. The van der Waals surface area contributed by atoms with Crippen molar-refractivity contribution in [3.8, 4) is 0 Å². The molecule has 0 atom stereocenters. The number of aliphatic hydroxyl groups is 1. The van der Waals surface area contributed by atoms with E-state index in [4.69, 9.17) is 16.0 Å². The summed E-state index contributed by atoms with van der Waals surface area (Å²) in [6, 6.07) is 7.57. The lowest BCUT2D eigenvalue weighted by Crippen LogP contribution is -2.35. The maximum absolute atomic E-state index is 9.17. The molecule has 1 saturated carbocycles. The number of amidine groups is 1. The van der Waals surface area contributed by atoms with Gasteiger partial charge in [0, 0.05) is 12.1 Å². The highest BCUT2D eigenvalue weighted by atomic mass is 16.4. The Kier molecular flexibility index (Phi) is 4.17. The monoisotopic (exact) mass is 249 g/mol. The van der Waals surface area contributed by atoms with E-state index in [1.165, 1.54) is 0 Å². The van der Waals surface area contributed by atoms with Crippen LogP contribution in [0.5, 0.6) is 0 Å². The maximum Gasteiger partial charge on any atom is 0.170 e. The second-order valence-corrected chi connectivity index (χ2v) is 4.80. The third-order valence-electron chi connectivity index (χ3n) is 3.33. The quantitative estimate of drug-likeness (QED) is 0.267. The van der Waals surface area contributed by atoms with Gasteiger partial charge in [0.15, 0.2) is 5.84 Å². The molecule has 0 unspecified atom stereocenters. The number of nitrogens with one attached hydrogen (secondary N) is 1. The van der Waals surface area contributed by atoms with Crippen molar-refractivity contribution >= 4 is 5.84 Å². The third-order valence-corrected chi connectivity index (χ3v) is 3.33. The topological polar surface area (TPSA) is 90.9 Å². The van der Waals surface area contributed by atoms with Gasteiger partial charge in [0.2, 0.25) is 0 Å². The zero-order chi connectivity index (χ0) is 13.0. The van der Waals surface area contributed by atoms with Crippen LogP contribution in [0.25, 0.3) is 0 Å². The molecular formula is C13H19N3O2. The number of aliphatic hydroxyl groups excluding tert-OH is 1.